The fourth-order valence-electron chi connectivity index (χ4n) is 3.02. The van der Waals surface area contributed by atoms with E-state index in [0.29, 0.717) is 10.2 Å². The molecule has 1 N–H and O–H groups in total. The number of hydrogen-bond donors (Lipinski definition) is 1. The predicted octanol–water partition coefficient (Wildman–Crippen LogP) is 4.84. The van der Waals surface area contributed by atoms with Gasteiger partial charge in [0.2, 0.25) is 5.91 Å². The Morgan fingerprint density at radius 1 is 1.23 bits per heavy atom. The Bertz CT molecular complexity index is 1000. The number of carbonyl (C=O) groups is 1. The molecule has 6 nitrogen and oxygen atoms in total. The third kappa shape index (κ3) is 5.34. The highest BCUT2D eigenvalue weighted by atomic mass is 35.5. The van der Waals surface area contributed by atoms with Gasteiger partial charge in [0.05, 0.1) is 24.6 Å². The van der Waals surface area contributed by atoms with E-state index in [2.05, 4.69) is 29.4 Å². The van der Waals surface area contributed by atoms with Gasteiger partial charge in [-0.15, -0.1) is 10.2 Å². The third-order valence-corrected chi connectivity index (χ3v) is 6.09. The van der Waals surface area contributed by atoms with Gasteiger partial charge < -0.3 is 10.1 Å². The number of aromatic nitrogens is 3. The first kappa shape index (κ1) is 22.2. The summed E-state index contributed by atoms with van der Waals surface area (Å²) in [6.07, 6.45) is 1.62. The molecule has 0 aliphatic heterocycles. The van der Waals surface area contributed by atoms with Crippen molar-refractivity contribution in [2.75, 3.05) is 12.9 Å². The summed E-state index contributed by atoms with van der Waals surface area (Å²) in [5.74, 6) is 1.20. The highest BCUT2D eigenvalue weighted by Crippen LogP contribution is 2.26. The molecule has 1 amide bonds. The summed E-state index contributed by atoms with van der Waals surface area (Å²) in [5.41, 5.74) is 2.90. The molecule has 3 rings (SSSR count). The van der Waals surface area contributed by atoms with E-state index in [0.717, 1.165) is 22.6 Å². The maximum atomic E-state index is 12.7. The molecule has 0 saturated carbocycles. The maximum Gasteiger partial charge on any atom is 0.230 e. The molecule has 1 aromatic heterocycles. The van der Waals surface area contributed by atoms with Crippen molar-refractivity contribution in [1.29, 1.82) is 0 Å². The van der Waals surface area contributed by atoms with Crippen molar-refractivity contribution in [3.05, 3.63) is 64.9 Å². The topological polar surface area (TPSA) is 69.0 Å². The fourth-order valence-corrected chi connectivity index (χ4v) is 3.94. The number of amides is 1. The quantitative estimate of drug-likeness (QED) is 0.503. The van der Waals surface area contributed by atoms with Gasteiger partial charge >= 0.3 is 0 Å². The van der Waals surface area contributed by atoms with E-state index in [-0.39, 0.29) is 23.6 Å². The summed E-state index contributed by atoms with van der Waals surface area (Å²) in [5, 5.41) is 12.6. The lowest BCUT2D eigenvalue weighted by Crippen LogP contribution is -2.33. The van der Waals surface area contributed by atoms with Crippen LogP contribution in [0.4, 0.5) is 0 Å². The van der Waals surface area contributed by atoms with Crippen LogP contribution in [0.2, 0.25) is 5.02 Å². The molecule has 0 radical (unpaired) electrons. The number of methoxy groups -OCH3 is 1. The third-order valence-electron chi connectivity index (χ3n) is 4.74. The molecule has 1 atom stereocenters. The van der Waals surface area contributed by atoms with Gasteiger partial charge in [0.25, 0.3) is 0 Å². The van der Waals surface area contributed by atoms with E-state index >= 15 is 0 Å². The summed E-state index contributed by atoms with van der Waals surface area (Å²) < 4.78 is 7.04. The number of nitrogens with one attached hydrogen (secondary N) is 1. The Morgan fingerprint density at radius 3 is 2.60 bits per heavy atom. The molecule has 3 aromatic rings. The number of benzene rings is 2. The molecule has 30 heavy (non-hydrogen) atoms. The number of hydrogen-bond acceptors (Lipinski definition) is 5. The summed E-state index contributed by atoms with van der Waals surface area (Å²) in [6.45, 7) is 6.12. The van der Waals surface area contributed by atoms with Crippen LogP contribution in [-0.4, -0.2) is 33.5 Å². The van der Waals surface area contributed by atoms with Gasteiger partial charge in [0, 0.05) is 5.02 Å². The molecule has 0 aliphatic carbocycles. The van der Waals surface area contributed by atoms with Gasteiger partial charge in [-0.1, -0.05) is 55.4 Å². The number of ether oxygens (including phenoxy) is 1. The Labute approximate surface area is 186 Å². The Morgan fingerprint density at radius 2 is 1.97 bits per heavy atom. The average Bonchev–Trinajstić information content (AvgIpc) is 3.21. The predicted molar refractivity (Wildman–Crippen MR) is 121 cm³/mol. The Balaban J connectivity index is 1.66. The van der Waals surface area contributed by atoms with Crippen molar-refractivity contribution < 1.29 is 9.53 Å². The number of nitrogens with zero attached hydrogens (tertiary/aromatic N) is 3. The van der Waals surface area contributed by atoms with Gasteiger partial charge in [-0.3, -0.25) is 9.36 Å². The van der Waals surface area contributed by atoms with E-state index in [1.165, 1.54) is 11.8 Å². The summed E-state index contributed by atoms with van der Waals surface area (Å²) in [7, 11) is 1.64. The van der Waals surface area contributed by atoms with E-state index < -0.39 is 0 Å². The lowest BCUT2D eigenvalue weighted by molar-refractivity contribution is -0.119. The number of carbonyl (C=O) groups excluding carboxylic acids is 1. The largest absolute Gasteiger partial charge is 0.497 e. The summed E-state index contributed by atoms with van der Waals surface area (Å²) >= 11 is 7.58. The van der Waals surface area contributed by atoms with Crippen LogP contribution in [0, 0.1) is 12.8 Å². The van der Waals surface area contributed by atoms with Crippen molar-refractivity contribution >= 4 is 29.3 Å². The number of aryl methyl sites for hydroxylation is 1. The van der Waals surface area contributed by atoms with Crippen LogP contribution in [0.5, 0.6) is 5.75 Å². The van der Waals surface area contributed by atoms with Gasteiger partial charge in [0.15, 0.2) is 5.16 Å². The minimum Gasteiger partial charge on any atom is -0.497 e. The molecule has 1 unspecified atom stereocenters. The molecular weight excluding hydrogens is 420 g/mol. The zero-order chi connectivity index (χ0) is 21.7. The van der Waals surface area contributed by atoms with Crippen LogP contribution in [0.25, 0.3) is 5.69 Å². The van der Waals surface area contributed by atoms with Crippen molar-refractivity contribution in [1.82, 2.24) is 20.1 Å². The van der Waals surface area contributed by atoms with Crippen LogP contribution in [0.1, 0.15) is 31.0 Å². The number of rotatable bonds is 8. The lowest BCUT2D eigenvalue weighted by atomic mass is 9.96. The molecular formula is C22H25ClN4O2S. The van der Waals surface area contributed by atoms with Gasteiger partial charge in [-0.25, -0.2) is 0 Å². The molecule has 0 bridgehead atoms. The number of halogens is 1. The smallest absolute Gasteiger partial charge is 0.230 e. The first-order valence-corrected chi connectivity index (χ1v) is 11.0. The van der Waals surface area contributed by atoms with Crippen LogP contribution in [-0.2, 0) is 4.79 Å². The normalized spacial score (nSPS) is 12.1. The summed E-state index contributed by atoms with van der Waals surface area (Å²) in [4.78, 5) is 12.7. The molecule has 0 saturated heterocycles. The van der Waals surface area contributed by atoms with Crippen LogP contribution in [0.15, 0.2) is 53.9 Å². The van der Waals surface area contributed by atoms with Crippen molar-refractivity contribution in [3.63, 3.8) is 0 Å². The van der Waals surface area contributed by atoms with E-state index in [1.807, 2.05) is 54.0 Å². The minimum atomic E-state index is -0.0854. The molecule has 1 heterocycles. The molecule has 158 valence electrons. The van der Waals surface area contributed by atoms with Gasteiger partial charge in [-0.2, -0.15) is 0 Å². The first-order chi connectivity index (χ1) is 14.4. The first-order valence-electron chi connectivity index (χ1n) is 9.61. The van der Waals surface area contributed by atoms with Crippen molar-refractivity contribution in [2.45, 2.75) is 32.0 Å². The average molecular weight is 445 g/mol. The van der Waals surface area contributed by atoms with Crippen molar-refractivity contribution in [3.8, 4) is 11.4 Å². The second kappa shape index (κ2) is 10.00. The van der Waals surface area contributed by atoms with Crippen LogP contribution >= 0.6 is 23.4 Å². The van der Waals surface area contributed by atoms with Gasteiger partial charge in [-0.05, 0) is 48.2 Å². The van der Waals surface area contributed by atoms with E-state index in [9.17, 15) is 4.79 Å². The lowest BCUT2D eigenvalue weighted by Gasteiger charge is -2.23. The zero-order valence-corrected chi connectivity index (χ0v) is 19.0. The fraction of sp³-hybridized carbons (Fsp3) is 0.318. The van der Waals surface area contributed by atoms with E-state index in [4.69, 9.17) is 16.3 Å². The van der Waals surface area contributed by atoms with Crippen LogP contribution < -0.4 is 10.1 Å². The maximum absolute atomic E-state index is 12.7. The molecule has 0 aliphatic rings. The molecule has 0 fully saturated rings. The molecule has 8 heteroatoms. The van der Waals surface area contributed by atoms with Crippen LogP contribution in [0.3, 0.4) is 0 Å². The summed E-state index contributed by atoms with van der Waals surface area (Å²) in [6, 6.07) is 13.4. The second-order valence-electron chi connectivity index (χ2n) is 7.27. The Hall–Kier alpha value is -2.51. The highest BCUT2D eigenvalue weighted by Gasteiger charge is 2.19. The number of thioether (sulfide) groups is 1. The Kier molecular flexibility index (Phi) is 7.39. The standard InChI is InChI=1S/C22H25ClN4O2S/c1-14(2)21(16-6-9-18(29-4)10-7-16)25-20(28)12-30-22-26-24-13-27(22)17-8-5-15(3)19(23)11-17/h5-11,13-14,21H,12H2,1-4H3,(H,25,28). The highest BCUT2D eigenvalue weighted by molar-refractivity contribution is 7.99. The van der Waals surface area contributed by atoms with E-state index in [1.54, 1.807) is 13.4 Å². The minimum absolute atomic E-state index is 0.0639. The van der Waals surface area contributed by atoms with Gasteiger partial charge in [0.1, 0.15) is 12.1 Å². The monoisotopic (exact) mass is 444 g/mol. The van der Waals surface area contributed by atoms with Crippen molar-refractivity contribution in [2.24, 2.45) is 5.92 Å². The SMILES string of the molecule is COc1ccc(C(NC(=O)CSc2nncn2-c2ccc(C)c(Cl)c2)C(C)C)cc1. The molecule has 0 spiro atoms. The zero-order valence-electron chi connectivity index (χ0n) is 17.4. The molecule has 2 aromatic carbocycles. The second-order valence-corrected chi connectivity index (χ2v) is 8.62.